The number of nitrogens with one attached hydrogen (secondary N) is 1. The highest BCUT2D eigenvalue weighted by atomic mass is 79.9. The van der Waals surface area contributed by atoms with E-state index in [0.717, 1.165) is 45.9 Å². The zero-order valence-corrected chi connectivity index (χ0v) is 17.9. The third-order valence-electron chi connectivity index (χ3n) is 5.27. The van der Waals surface area contributed by atoms with E-state index < -0.39 is 10.0 Å². The Balaban J connectivity index is 1.87. The standard InChI is InChI=1S/C22H18BrN3O2S/c23-17-4-1-5-18(13-17)29(27,28)26-14-20(15-8-11-24-12-9-15)19-7-6-16-3-2-10-25-21(16)22(19)26/h1-8,10,13-14,24H,9,11-12H2. The number of benzene rings is 2. The molecule has 0 saturated heterocycles. The Bertz CT molecular complexity index is 1390. The molecule has 7 heteroatoms. The summed E-state index contributed by atoms with van der Waals surface area (Å²) in [5.41, 5.74) is 3.42. The molecule has 0 amide bonds. The Morgan fingerprint density at radius 1 is 1.10 bits per heavy atom. The summed E-state index contributed by atoms with van der Waals surface area (Å²) in [6.45, 7) is 1.66. The van der Waals surface area contributed by atoms with Gasteiger partial charge in [0.25, 0.3) is 10.0 Å². The number of rotatable bonds is 3. The maximum absolute atomic E-state index is 13.6. The molecule has 146 valence electrons. The molecule has 0 spiro atoms. The molecule has 0 atom stereocenters. The largest absolute Gasteiger partial charge is 0.313 e. The van der Waals surface area contributed by atoms with Crippen molar-refractivity contribution in [1.29, 1.82) is 0 Å². The maximum atomic E-state index is 13.6. The number of fused-ring (bicyclic) bond motifs is 3. The maximum Gasteiger partial charge on any atom is 0.268 e. The van der Waals surface area contributed by atoms with Crippen LogP contribution in [-0.4, -0.2) is 30.5 Å². The van der Waals surface area contributed by atoms with E-state index in [0.29, 0.717) is 11.0 Å². The van der Waals surface area contributed by atoms with Crippen molar-refractivity contribution in [3.05, 3.63) is 77.0 Å². The third-order valence-corrected chi connectivity index (χ3v) is 7.42. The summed E-state index contributed by atoms with van der Waals surface area (Å²) in [4.78, 5) is 4.77. The average Bonchev–Trinajstić information content (AvgIpc) is 3.15. The monoisotopic (exact) mass is 467 g/mol. The molecule has 29 heavy (non-hydrogen) atoms. The van der Waals surface area contributed by atoms with Crippen molar-refractivity contribution in [1.82, 2.24) is 14.3 Å². The lowest BCUT2D eigenvalue weighted by molar-refractivity contribution is 0.589. The van der Waals surface area contributed by atoms with Gasteiger partial charge in [0.05, 0.1) is 15.9 Å². The normalized spacial score (nSPS) is 15.0. The Kier molecular flexibility index (Phi) is 4.53. The quantitative estimate of drug-likeness (QED) is 0.479. The fourth-order valence-electron chi connectivity index (χ4n) is 3.88. The zero-order chi connectivity index (χ0) is 20.0. The van der Waals surface area contributed by atoms with Gasteiger partial charge >= 0.3 is 0 Å². The molecular formula is C22H18BrN3O2S. The van der Waals surface area contributed by atoms with E-state index in [4.69, 9.17) is 0 Å². The minimum Gasteiger partial charge on any atom is -0.313 e. The lowest BCUT2D eigenvalue weighted by Crippen LogP contribution is -2.20. The minimum absolute atomic E-state index is 0.238. The molecular weight excluding hydrogens is 450 g/mol. The first-order valence-corrected chi connectivity index (χ1v) is 11.6. The molecule has 0 fully saturated rings. The van der Waals surface area contributed by atoms with Crippen LogP contribution < -0.4 is 5.32 Å². The van der Waals surface area contributed by atoms with Gasteiger partial charge in [-0.3, -0.25) is 4.98 Å². The van der Waals surface area contributed by atoms with Gasteiger partial charge in [-0.25, -0.2) is 12.4 Å². The number of aromatic nitrogens is 2. The first-order chi connectivity index (χ1) is 14.1. The molecule has 5 rings (SSSR count). The van der Waals surface area contributed by atoms with Crippen LogP contribution in [0.5, 0.6) is 0 Å². The van der Waals surface area contributed by atoms with Crippen LogP contribution in [0.3, 0.4) is 0 Å². The summed E-state index contributed by atoms with van der Waals surface area (Å²) in [5.74, 6) is 0. The summed E-state index contributed by atoms with van der Waals surface area (Å²) in [7, 11) is -3.79. The van der Waals surface area contributed by atoms with E-state index >= 15 is 0 Å². The lowest BCUT2D eigenvalue weighted by atomic mass is 9.99. The van der Waals surface area contributed by atoms with Gasteiger partial charge < -0.3 is 5.32 Å². The molecule has 1 aliphatic rings. The van der Waals surface area contributed by atoms with E-state index in [2.05, 4.69) is 32.3 Å². The molecule has 0 unspecified atom stereocenters. The van der Waals surface area contributed by atoms with E-state index in [1.165, 1.54) is 3.97 Å². The number of nitrogens with zero attached hydrogens (tertiary/aromatic N) is 2. The van der Waals surface area contributed by atoms with Crippen LogP contribution in [0.25, 0.3) is 27.4 Å². The molecule has 0 bridgehead atoms. The van der Waals surface area contributed by atoms with E-state index in [1.807, 2.05) is 30.3 Å². The molecule has 4 aromatic rings. The molecule has 2 aromatic heterocycles. The van der Waals surface area contributed by atoms with Crippen molar-refractivity contribution >= 4 is 53.3 Å². The Morgan fingerprint density at radius 2 is 2.00 bits per heavy atom. The highest BCUT2D eigenvalue weighted by Gasteiger charge is 2.24. The first kappa shape index (κ1) is 18.5. The van der Waals surface area contributed by atoms with E-state index in [1.54, 1.807) is 30.6 Å². The topological polar surface area (TPSA) is 64.0 Å². The lowest BCUT2D eigenvalue weighted by Gasteiger charge is -2.13. The number of hydrogen-bond donors (Lipinski definition) is 1. The second-order valence-electron chi connectivity index (χ2n) is 7.02. The molecule has 3 heterocycles. The summed E-state index contributed by atoms with van der Waals surface area (Å²) in [5, 5.41) is 5.13. The van der Waals surface area contributed by atoms with Gasteiger partial charge in [0, 0.05) is 39.7 Å². The summed E-state index contributed by atoms with van der Waals surface area (Å²) in [6.07, 6.45) is 6.45. The number of hydrogen-bond acceptors (Lipinski definition) is 4. The highest BCUT2D eigenvalue weighted by molar-refractivity contribution is 9.10. The third kappa shape index (κ3) is 3.10. The Hall–Kier alpha value is -2.48. The number of pyridine rings is 1. The van der Waals surface area contributed by atoms with Crippen LogP contribution >= 0.6 is 15.9 Å². The van der Waals surface area contributed by atoms with Crippen LogP contribution in [0.1, 0.15) is 12.0 Å². The van der Waals surface area contributed by atoms with Crippen molar-refractivity contribution in [2.24, 2.45) is 0 Å². The fourth-order valence-corrected chi connectivity index (χ4v) is 5.85. The fraction of sp³-hybridized carbons (Fsp3) is 0.136. The van der Waals surface area contributed by atoms with Crippen LogP contribution in [0.15, 0.2) is 76.4 Å². The molecule has 0 aliphatic carbocycles. The smallest absolute Gasteiger partial charge is 0.268 e. The zero-order valence-electron chi connectivity index (χ0n) is 15.5. The van der Waals surface area contributed by atoms with Crippen LogP contribution in [-0.2, 0) is 10.0 Å². The summed E-state index contributed by atoms with van der Waals surface area (Å²) in [6, 6.07) is 14.6. The van der Waals surface area contributed by atoms with Crippen molar-refractivity contribution in [2.75, 3.05) is 13.1 Å². The summed E-state index contributed by atoms with van der Waals surface area (Å²) < 4.78 is 29.4. The van der Waals surface area contributed by atoms with Gasteiger partial charge in [-0.15, -0.1) is 0 Å². The van der Waals surface area contributed by atoms with E-state index in [-0.39, 0.29) is 4.90 Å². The second-order valence-corrected chi connectivity index (χ2v) is 9.75. The van der Waals surface area contributed by atoms with Crippen molar-refractivity contribution in [3.63, 3.8) is 0 Å². The first-order valence-electron chi connectivity index (χ1n) is 9.36. The molecule has 0 radical (unpaired) electrons. The van der Waals surface area contributed by atoms with Crippen molar-refractivity contribution < 1.29 is 8.42 Å². The van der Waals surface area contributed by atoms with Crippen LogP contribution in [0.2, 0.25) is 0 Å². The van der Waals surface area contributed by atoms with E-state index in [9.17, 15) is 8.42 Å². The number of halogens is 1. The Labute approximate surface area is 177 Å². The van der Waals surface area contributed by atoms with Gasteiger partial charge in [0.2, 0.25) is 0 Å². The van der Waals surface area contributed by atoms with Gasteiger partial charge in [-0.1, -0.05) is 46.3 Å². The molecule has 2 aromatic carbocycles. The van der Waals surface area contributed by atoms with Crippen molar-refractivity contribution in [3.8, 4) is 0 Å². The van der Waals surface area contributed by atoms with Crippen LogP contribution in [0.4, 0.5) is 0 Å². The predicted octanol–water partition coefficient (Wildman–Crippen LogP) is 4.57. The molecule has 5 nitrogen and oxygen atoms in total. The van der Waals surface area contributed by atoms with Gasteiger partial charge in [-0.2, -0.15) is 0 Å². The Morgan fingerprint density at radius 3 is 2.79 bits per heavy atom. The second kappa shape index (κ2) is 7.09. The molecule has 1 N–H and O–H groups in total. The summed E-state index contributed by atoms with van der Waals surface area (Å²) >= 11 is 3.38. The van der Waals surface area contributed by atoms with Crippen LogP contribution in [0, 0.1) is 0 Å². The predicted molar refractivity (Wildman–Crippen MR) is 119 cm³/mol. The molecule has 1 aliphatic heterocycles. The van der Waals surface area contributed by atoms with Gasteiger partial charge in [0.15, 0.2) is 0 Å². The SMILES string of the molecule is O=S(=O)(c1cccc(Br)c1)n1cc(C2=CCNCC2)c2ccc3cccnc3c21. The van der Waals surface area contributed by atoms with Crippen molar-refractivity contribution in [2.45, 2.75) is 11.3 Å². The van der Waals surface area contributed by atoms with Gasteiger partial charge in [-0.05, 0) is 42.8 Å². The minimum atomic E-state index is -3.79. The van der Waals surface area contributed by atoms with Gasteiger partial charge in [0.1, 0.15) is 0 Å². The highest BCUT2D eigenvalue weighted by Crippen LogP contribution is 2.35. The molecule has 0 saturated carbocycles. The average molecular weight is 468 g/mol.